The second-order valence-electron chi connectivity index (χ2n) is 10.0. The third-order valence-corrected chi connectivity index (χ3v) is 8.51. The molecule has 0 bridgehead atoms. The maximum atomic E-state index is 13.4. The van der Waals surface area contributed by atoms with E-state index >= 15 is 0 Å². The average Bonchev–Trinajstić information content (AvgIpc) is 3.35. The molecule has 37 heavy (non-hydrogen) atoms. The Morgan fingerprint density at radius 3 is 2.30 bits per heavy atom. The van der Waals surface area contributed by atoms with Crippen LogP contribution in [0.5, 0.6) is 0 Å². The van der Waals surface area contributed by atoms with Gasteiger partial charge in [0, 0.05) is 30.6 Å². The molecule has 1 aliphatic carbocycles. The highest BCUT2D eigenvalue weighted by Gasteiger charge is 2.28. The molecule has 0 saturated heterocycles. The van der Waals surface area contributed by atoms with Crippen molar-refractivity contribution >= 4 is 39.1 Å². The van der Waals surface area contributed by atoms with Gasteiger partial charge in [-0.3, -0.25) is 13.9 Å². The van der Waals surface area contributed by atoms with E-state index in [9.17, 15) is 18.0 Å². The molecule has 202 valence electrons. The third-order valence-electron chi connectivity index (χ3n) is 7.07. The van der Waals surface area contributed by atoms with Crippen LogP contribution in [-0.2, 0) is 26.2 Å². The van der Waals surface area contributed by atoms with E-state index in [1.54, 1.807) is 30.0 Å². The summed E-state index contributed by atoms with van der Waals surface area (Å²) in [6.45, 7) is 6.10. The number of rotatable bonds is 11. The first-order chi connectivity index (χ1) is 17.5. The first kappa shape index (κ1) is 29.0. The van der Waals surface area contributed by atoms with Crippen LogP contribution in [0.2, 0.25) is 5.02 Å². The summed E-state index contributed by atoms with van der Waals surface area (Å²) in [5.74, 6) is -0.361. The fraction of sp³-hybridized carbons (Fsp3) is 0.500. The molecule has 9 heteroatoms. The largest absolute Gasteiger partial charge is 0.352 e. The van der Waals surface area contributed by atoms with E-state index in [-0.39, 0.29) is 37.4 Å². The number of anilines is 1. The van der Waals surface area contributed by atoms with Gasteiger partial charge in [0.05, 0.1) is 11.9 Å². The Morgan fingerprint density at radius 1 is 1.05 bits per heavy atom. The summed E-state index contributed by atoms with van der Waals surface area (Å²) in [6, 6.07) is 12.2. The molecule has 2 amide bonds. The average molecular weight is 548 g/mol. The molecule has 1 N–H and O–H groups in total. The lowest BCUT2D eigenvalue weighted by Crippen LogP contribution is -2.49. The van der Waals surface area contributed by atoms with Crippen LogP contribution in [0.4, 0.5) is 5.69 Å². The number of carbonyl (C=O) groups is 2. The molecular weight excluding hydrogens is 510 g/mol. The van der Waals surface area contributed by atoms with Crippen molar-refractivity contribution in [3.8, 4) is 0 Å². The molecule has 1 fully saturated rings. The van der Waals surface area contributed by atoms with Crippen molar-refractivity contribution in [1.82, 2.24) is 10.2 Å². The summed E-state index contributed by atoms with van der Waals surface area (Å²) in [5.41, 5.74) is 3.53. The molecular formula is C28H38ClN3O4S. The second kappa shape index (κ2) is 12.8. The molecule has 1 atom stereocenters. The van der Waals surface area contributed by atoms with Gasteiger partial charge in [-0.2, -0.15) is 0 Å². The monoisotopic (exact) mass is 547 g/mol. The van der Waals surface area contributed by atoms with Crippen molar-refractivity contribution in [2.45, 2.75) is 77.9 Å². The number of hydrogen-bond acceptors (Lipinski definition) is 4. The van der Waals surface area contributed by atoms with Gasteiger partial charge in [0.25, 0.3) is 0 Å². The van der Waals surface area contributed by atoms with Crippen molar-refractivity contribution in [3.63, 3.8) is 0 Å². The van der Waals surface area contributed by atoms with Gasteiger partial charge >= 0.3 is 0 Å². The number of halogens is 1. The predicted molar refractivity (Wildman–Crippen MR) is 149 cm³/mol. The summed E-state index contributed by atoms with van der Waals surface area (Å²) in [6.07, 6.45) is 5.74. The minimum Gasteiger partial charge on any atom is -0.352 e. The zero-order chi connectivity index (χ0) is 27.2. The first-order valence-corrected chi connectivity index (χ1v) is 15.1. The fourth-order valence-corrected chi connectivity index (χ4v) is 5.73. The number of aryl methyl sites for hydroxylation is 2. The number of nitrogens with zero attached hydrogens (tertiary/aromatic N) is 2. The molecule has 3 rings (SSSR count). The Balaban J connectivity index is 1.72. The van der Waals surface area contributed by atoms with E-state index in [0.29, 0.717) is 17.1 Å². The van der Waals surface area contributed by atoms with E-state index in [1.165, 1.54) is 10.6 Å². The van der Waals surface area contributed by atoms with Crippen molar-refractivity contribution in [3.05, 3.63) is 64.2 Å². The Bertz CT molecular complexity index is 1190. The normalized spacial score (nSPS) is 14.8. The van der Waals surface area contributed by atoms with Crippen LogP contribution >= 0.6 is 11.6 Å². The molecule has 7 nitrogen and oxygen atoms in total. The molecule has 1 saturated carbocycles. The van der Waals surface area contributed by atoms with Gasteiger partial charge in [-0.05, 0) is 81.0 Å². The number of amides is 2. The van der Waals surface area contributed by atoms with Crippen molar-refractivity contribution in [2.75, 3.05) is 17.1 Å². The highest BCUT2D eigenvalue weighted by atomic mass is 35.5. The van der Waals surface area contributed by atoms with E-state index < -0.39 is 16.1 Å². The van der Waals surface area contributed by atoms with Gasteiger partial charge in [0.1, 0.15) is 6.04 Å². The Hall–Kier alpha value is -2.58. The quantitative estimate of drug-likeness (QED) is 0.430. The molecule has 1 aliphatic rings. The van der Waals surface area contributed by atoms with Gasteiger partial charge in [0.15, 0.2) is 0 Å². The van der Waals surface area contributed by atoms with Crippen molar-refractivity contribution in [2.24, 2.45) is 0 Å². The van der Waals surface area contributed by atoms with Crippen LogP contribution in [0.25, 0.3) is 0 Å². The number of nitrogens with one attached hydrogen (secondary N) is 1. The van der Waals surface area contributed by atoms with Crippen LogP contribution in [-0.4, -0.2) is 50.0 Å². The van der Waals surface area contributed by atoms with E-state index in [1.807, 2.05) is 38.1 Å². The molecule has 0 heterocycles. The molecule has 2 aromatic rings. The van der Waals surface area contributed by atoms with Crippen molar-refractivity contribution in [1.29, 1.82) is 0 Å². The Kier molecular flexibility index (Phi) is 10.0. The standard InChI is InChI=1S/C28H38ClN3O4S/c1-20-11-16-26(18-21(20)2)32(37(4,35)36)17-7-10-27(33)31(19-23-12-14-24(29)15-13-23)22(3)28(34)30-25-8-5-6-9-25/h11-16,18,22,25H,5-10,17,19H2,1-4H3,(H,30,34)/t22-/m0/s1. The molecule has 0 radical (unpaired) electrons. The summed E-state index contributed by atoms with van der Waals surface area (Å²) in [5, 5.41) is 3.69. The molecule has 2 aromatic carbocycles. The summed E-state index contributed by atoms with van der Waals surface area (Å²) in [7, 11) is -3.53. The molecule has 0 aromatic heterocycles. The van der Waals surface area contributed by atoms with Crippen LogP contribution in [0.15, 0.2) is 42.5 Å². The van der Waals surface area contributed by atoms with Gasteiger partial charge in [-0.25, -0.2) is 8.42 Å². The molecule has 0 aliphatic heterocycles. The maximum Gasteiger partial charge on any atom is 0.242 e. The predicted octanol–water partition coefficient (Wildman–Crippen LogP) is 4.98. The molecule has 0 spiro atoms. The SMILES string of the molecule is Cc1ccc(N(CCCC(=O)N(Cc2ccc(Cl)cc2)[C@@H](C)C(=O)NC2CCCC2)S(C)(=O)=O)cc1C. The summed E-state index contributed by atoms with van der Waals surface area (Å²) < 4.78 is 26.4. The topological polar surface area (TPSA) is 86.8 Å². The summed E-state index contributed by atoms with van der Waals surface area (Å²) >= 11 is 6.02. The third kappa shape index (κ3) is 8.20. The number of carbonyl (C=O) groups excluding carboxylic acids is 2. The Labute approximate surface area is 226 Å². The second-order valence-corrected chi connectivity index (χ2v) is 12.4. The highest BCUT2D eigenvalue weighted by Crippen LogP contribution is 2.23. The number of sulfonamides is 1. The van der Waals surface area contributed by atoms with Crippen LogP contribution in [0, 0.1) is 13.8 Å². The lowest BCUT2D eigenvalue weighted by atomic mass is 10.1. The molecule has 0 unspecified atom stereocenters. The smallest absolute Gasteiger partial charge is 0.242 e. The van der Waals surface area contributed by atoms with Crippen LogP contribution < -0.4 is 9.62 Å². The zero-order valence-electron chi connectivity index (χ0n) is 22.2. The van der Waals surface area contributed by atoms with Crippen LogP contribution in [0.3, 0.4) is 0 Å². The van der Waals surface area contributed by atoms with Crippen LogP contribution in [0.1, 0.15) is 62.1 Å². The minimum absolute atomic E-state index is 0.117. The van der Waals surface area contributed by atoms with E-state index in [2.05, 4.69) is 5.32 Å². The first-order valence-electron chi connectivity index (χ1n) is 12.8. The van der Waals surface area contributed by atoms with E-state index in [4.69, 9.17) is 11.6 Å². The zero-order valence-corrected chi connectivity index (χ0v) is 23.7. The van der Waals surface area contributed by atoms with Gasteiger partial charge in [-0.15, -0.1) is 0 Å². The van der Waals surface area contributed by atoms with Gasteiger partial charge in [-0.1, -0.05) is 42.6 Å². The highest BCUT2D eigenvalue weighted by molar-refractivity contribution is 7.92. The minimum atomic E-state index is -3.53. The lowest BCUT2D eigenvalue weighted by Gasteiger charge is -2.30. The van der Waals surface area contributed by atoms with Gasteiger partial charge in [0.2, 0.25) is 21.8 Å². The number of benzene rings is 2. The summed E-state index contributed by atoms with van der Waals surface area (Å²) in [4.78, 5) is 28.0. The van der Waals surface area contributed by atoms with Crippen molar-refractivity contribution < 1.29 is 18.0 Å². The lowest BCUT2D eigenvalue weighted by molar-refractivity contribution is -0.141. The fourth-order valence-electron chi connectivity index (χ4n) is 4.65. The van der Waals surface area contributed by atoms with E-state index in [0.717, 1.165) is 42.4 Å². The number of hydrogen-bond donors (Lipinski definition) is 1. The maximum absolute atomic E-state index is 13.4. The van der Waals surface area contributed by atoms with Gasteiger partial charge < -0.3 is 10.2 Å². The Morgan fingerprint density at radius 2 is 1.70 bits per heavy atom.